The first-order chi connectivity index (χ1) is 12.0. The van der Waals surface area contributed by atoms with E-state index >= 15 is 0 Å². The molecule has 1 aromatic carbocycles. The highest BCUT2D eigenvalue weighted by molar-refractivity contribution is 9.10. The molecule has 0 unspecified atom stereocenters. The summed E-state index contributed by atoms with van der Waals surface area (Å²) < 4.78 is 16.4. The number of urea groups is 1. The van der Waals surface area contributed by atoms with Gasteiger partial charge in [-0.2, -0.15) is 0 Å². The van der Waals surface area contributed by atoms with Crippen LogP contribution in [0.15, 0.2) is 33.9 Å². The lowest BCUT2D eigenvalue weighted by molar-refractivity contribution is -0.141. The van der Waals surface area contributed by atoms with Crippen LogP contribution in [0.5, 0.6) is 5.75 Å². The zero-order chi connectivity index (χ0) is 18.4. The molecule has 1 aliphatic heterocycles. The summed E-state index contributed by atoms with van der Waals surface area (Å²) in [6, 6.07) is 4.37. The Labute approximate surface area is 154 Å². The van der Waals surface area contributed by atoms with Crippen molar-refractivity contribution in [3.63, 3.8) is 0 Å². The molecule has 0 saturated carbocycles. The lowest BCUT2D eigenvalue weighted by Gasteiger charge is -2.28. The molecule has 7 nitrogen and oxygen atoms in total. The third kappa shape index (κ3) is 4.73. The predicted octanol–water partition coefficient (Wildman–Crippen LogP) is 2.67. The topological polar surface area (TPSA) is 85.9 Å². The first-order valence-corrected chi connectivity index (χ1v) is 8.63. The van der Waals surface area contributed by atoms with Gasteiger partial charge < -0.3 is 24.8 Å². The molecule has 2 N–H and O–H groups in total. The van der Waals surface area contributed by atoms with E-state index in [9.17, 15) is 9.59 Å². The highest BCUT2D eigenvalue weighted by atomic mass is 79.9. The maximum absolute atomic E-state index is 12.5. The van der Waals surface area contributed by atoms with Crippen molar-refractivity contribution in [1.82, 2.24) is 10.6 Å². The number of allylic oxidation sites excluding steroid dienone is 1. The Morgan fingerprint density at radius 1 is 1.32 bits per heavy atom. The summed E-state index contributed by atoms with van der Waals surface area (Å²) in [6.45, 7) is 4.57. The van der Waals surface area contributed by atoms with E-state index in [0.29, 0.717) is 30.2 Å². The fraction of sp³-hybridized carbons (Fsp3) is 0.412. The van der Waals surface area contributed by atoms with E-state index in [1.54, 1.807) is 32.2 Å². The summed E-state index contributed by atoms with van der Waals surface area (Å²) in [4.78, 5) is 24.4. The molecule has 0 aliphatic carbocycles. The molecule has 8 heteroatoms. The second kappa shape index (κ2) is 8.87. The number of rotatable bonds is 7. The molecular formula is C17H21BrN2O5. The van der Waals surface area contributed by atoms with Crippen LogP contribution in [0, 0.1) is 0 Å². The second-order valence-electron chi connectivity index (χ2n) is 5.30. The molecule has 1 heterocycles. The van der Waals surface area contributed by atoms with Gasteiger partial charge in [-0.15, -0.1) is 0 Å². The van der Waals surface area contributed by atoms with Crippen molar-refractivity contribution in [3.05, 3.63) is 39.5 Å². The third-order valence-electron chi connectivity index (χ3n) is 3.66. The Bertz CT molecular complexity index is 690. The van der Waals surface area contributed by atoms with Crippen molar-refractivity contribution in [2.45, 2.75) is 19.9 Å². The van der Waals surface area contributed by atoms with Gasteiger partial charge in [-0.1, -0.05) is 6.07 Å². The molecule has 25 heavy (non-hydrogen) atoms. The number of carbonyl (C=O) groups is 2. The largest absolute Gasteiger partial charge is 0.496 e. The average molecular weight is 413 g/mol. The summed E-state index contributed by atoms with van der Waals surface area (Å²) in [5.41, 5.74) is 1.55. The van der Waals surface area contributed by atoms with Crippen LogP contribution in [-0.4, -0.2) is 38.9 Å². The van der Waals surface area contributed by atoms with Crippen LogP contribution in [-0.2, 0) is 14.3 Å². The van der Waals surface area contributed by atoms with Crippen molar-refractivity contribution in [3.8, 4) is 5.75 Å². The number of hydrogen-bond donors (Lipinski definition) is 2. The monoisotopic (exact) mass is 412 g/mol. The molecular weight excluding hydrogens is 392 g/mol. The number of esters is 1. The van der Waals surface area contributed by atoms with Gasteiger partial charge in [-0.05, 0) is 47.5 Å². The zero-order valence-corrected chi connectivity index (χ0v) is 15.9. The molecule has 1 aliphatic rings. The second-order valence-corrected chi connectivity index (χ2v) is 6.15. The smallest absolute Gasteiger partial charge is 0.338 e. The first kappa shape index (κ1) is 19.3. The van der Waals surface area contributed by atoms with Gasteiger partial charge in [0, 0.05) is 12.3 Å². The van der Waals surface area contributed by atoms with Crippen LogP contribution in [0.1, 0.15) is 25.5 Å². The van der Waals surface area contributed by atoms with Crippen LogP contribution >= 0.6 is 15.9 Å². The van der Waals surface area contributed by atoms with Gasteiger partial charge in [-0.25, -0.2) is 9.59 Å². The number of halogens is 1. The molecule has 2 rings (SSSR count). The Balaban J connectivity index is 2.27. The fourth-order valence-corrected chi connectivity index (χ4v) is 3.05. The molecule has 0 fully saturated rings. The predicted molar refractivity (Wildman–Crippen MR) is 95.3 cm³/mol. The van der Waals surface area contributed by atoms with Crippen molar-refractivity contribution < 1.29 is 23.8 Å². The highest BCUT2D eigenvalue weighted by Gasteiger charge is 2.32. The molecule has 1 atom stereocenters. The summed E-state index contributed by atoms with van der Waals surface area (Å²) in [5, 5.41) is 5.37. The minimum Gasteiger partial charge on any atom is -0.496 e. The van der Waals surface area contributed by atoms with E-state index in [1.165, 1.54) is 0 Å². The number of methoxy groups -OCH3 is 1. The number of hydrogen-bond acceptors (Lipinski definition) is 5. The van der Waals surface area contributed by atoms with Gasteiger partial charge in [0.15, 0.2) is 0 Å². The van der Waals surface area contributed by atoms with Crippen molar-refractivity contribution in [2.75, 3.05) is 26.9 Å². The highest BCUT2D eigenvalue weighted by Crippen LogP contribution is 2.33. The van der Waals surface area contributed by atoms with Crippen LogP contribution in [0.25, 0.3) is 0 Å². The van der Waals surface area contributed by atoms with Crippen LogP contribution in [0.4, 0.5) is 4.79 Å². The van der Waals surface area contributed by atoms with Gasteiger partial charge in [0.2, 0.25) is 0 Å². The fourth-order valence-electron chi connectivity index (χ4n) is 2.49. The summed E-state index contributed by atoms with van der Waals surface area (Å²) >= 11 is 3.42. The Hall–Kier alpha value is -2.06. The van der Waals surface area contributed by atoms with Gasteiger partial charge in [0.05, 0.1) is 29.8 Å². The van der Waals surface area contributed by atoms with Crippen LogP contribution in [0.3, 0.4) is 0 Å². The summed E-state index contributed by atoms with van der Waals surface area (Å²) in [5.74, 6) is 0.159. The molecule has 0 saturated heterocycles. The molecule has 0 radical (unpaired) electrons. The Morgan fingerprint density at radius 2 is 2.08 bits per heavy atom. The number of benzene rings is 1. The number of carbonyl (C=O) groups excluding carboxylic acids is 2. The lowest BCUT2D eigenvalue weighted by Crippen LogP contribution is -2.45. The van der Waals surface area contributed by atoms with Gasteiger partial charge in [-0.3, -0.25) is 0 Å². The Kier molecular flexibility index (Phi) is 6.83. The van der Waals surface area contributed by atoms with E-state index in [1.807, 2.05) is 6.92 Å². The van der Waals surface area contributed by atoms with Gasteiger partial charge in [0.25, 0.3) is 0 Å². The van der Waals surface area contributed by atoms with E-state index in [-0.39, 0.29) is 12.6 Å². The molecule has 0 bridgehead atoms. The summed E-state index contributed by atoms with van der Waals surface area (Å²) in [7, 11) is 1.57. The maximum atomic E-state index is 12.5. The Morgan fingerprint density at radius 3 is 2.72 bits per heavy atom. The number of nitrogens with one attached hydrogen (secondary N) is 2. The van der Waals surface area contributed by atoms with Crippen LogP contribution in [0.2, 0.25) is 0 Å². The van der Waals surface area contributed by atoms with E-state index in [4.69, 9.17) is 14.2 Å². The van der Waals surface area contributed by atoms with Crippen molar-refractivity contribution in [2.24, 2.45) is 0 Å². The molecule has 1 aromatic rings. The van der Waals surface area contributed by atoms with Crippen molar-refractivity contribution in [1.29, 1.82) is 0 Å². The lowest BCUT2D eigenvalue weighted by atomic mass is 9.95. The molecule has 0 aromatic heterocycles. The maximum Gasteiger partial charge on any atom is 0.338 e. The zero-order valence-electron chi connectivity index (χ0n) is 14.3. The first-order valence-electron chi connectivity index (χ1n) is 7.84. The number of amides is 2. The number of ether oxygens (including phenoxy) is 3. The molecule has 0 spiro atoms. The van der Waals surface area contributed by atoms with Gasteiger partial charge in [0.1, 0.15) is 12.4 Å². The average Bonchev–Trinajstić information content (AvgIpc) is 2.57. The van der Waals surface area contributed by atoms with Gasteiger partial charge >= 0.3 is 12.0 Å². The minimum absolute atomic E-state index is 0.149. The summed E-state index contributed by atoms with van der Waals surface area (Å²) in [6.07, 6.45) is 0. The van der Waals surface area contributed by atoms with E-state index in [2.05, 4.69) is 26.6 Å². The quantitative estimate of drug-likeness (QED) is 0.530. The minimum atomic E-state index is -0.615. The molecule has 136 valence electrons. The standard InChI is InChI=1S/C17H21BrN2O5/c1-4-24-7-8-25-16(21)14-10(2)19-17(22)20-15(14)11-5-6-13(23-3)12(18)9-11/h5-6,9,15H,4,7-8H2,1-3H3,(H2,19,20,22)/t15-/m0/s1. The normalized spacial score (nSPS) is 17.0. The molecule has 2 amide bonds. The van der Waals surface area contributed by atoms with E-state index < -0.39 is 12.0 Å². The SMILES string of the molecule is CCOCCOC(=O)C1=C(C)NC(=O)N[C@H]1c1ccc(OC)c(Br)c1. The van der Waals surface area contributed by atoms with Crippen LogP contribution < -0.4 is 15.4 Å². The third-order valence-corrected chi connectivity index (χ3v) is 4.28. The van der Waals surface area contributed by atoms with Crippen molar-refractivity contribution >= 4 is 27.9 Å². The van der Waals surface area contributed by atoms with E-state index in [0.717, 1.165) is 10.0 Å².